The van der Waals surface area contributed by atoms with Crippen LogP contribution in [0.4, 0.5) is 5.82 Å². The second-order valence-electron chi connectivity index (χ2n) is 9.13. The first-order valence-corrected chi connectivity index (χ1v) is 11.8. The van der Waals surface area contributed by atoms with Crippen molar-refractivity contribution in [2.75, 3.05) is 38.8 Å². The fourth-order valence-electron chi connectivity index (χ4n) is 5.12. The van der Waals surface area contributed by atoms with Crippen molar-refractivity contribution in [3.63, 3.8) is 0 Å². The molecule has 0 unspecified atom stereocenters. The lowest BCUT2D eigenvalue weighted by molar-refractivity contribution is 0.0594. The number of benzene rings is 1. The van der Waals surface area contributed by atoms with Gasteiger partial charge >= 0.3 is 5.97 Å². The lowest BCUT2D eigenvalue weighted by Gasteiger charge is -2.32. The minimum Gasteiger partial charge on any atom is -0.497 e. The van der Waals surface area contributed by atoms with Gasteiger partial charge in [0, 0.05) is 13.1 Å². The highest BCUT2D eigenvalue weighted by Crippen LogP contribution is 2.58. The number of nitrogens with one attached hydrogen (secondary N) is 1. The normalized spacial score (nSPS) is 17.6. The van der Waals surface area contributed by atoms with E-state index in [1.54, 1.807) is 13.2 Å². The number of pyridine rings is 1. The zero-order valence-electron chi connectivity index (χ0n) is 19.3. The molecule has 0 amide bonds. The second kappa shape index (κ2) is 10.3. The van der Waals surface area contributed by atoms with Crippen LogP contribution in [-0.2, 0) is 11.3 Å². The molecule has 2 aliphatic rings. The molecule has 1 aliphatic heterocycles. The average Bonchev–Trinajstić information content (AvgIpc) is 3.65. The molecular weight excluding hydrogens is 402 g/mol. The van der Waals surface area contributed by atoms with Crippen LogP contribution in [0.3, 0.4) is 0 Å². The molecule has 0 spiro atoms. The van der Waals surface area contributed by atoms with Gasteiger partial charge in [0.15, 0.2) is 5.69 Å². The number of esters is 1. The zero-order valence-corrected chi connectivity index (χ0v) is 19.3. The third kappa shape index (κ3) is 5.41. The quantitative estimate of drug-likeness (QED) is 0.555. The first-order valence-electron chi connectivity index (χ1n) is 11.8. The molecule has 172 valence electrons. The maximum atomic E-state index is 12.0. The number of methoxy groups -OCH3 is 2. The van der Waals surface area contributed by atoms with E-state index in [-0.39, 0.29) is 0 Å². The van der Waals surface area contributed by atoms with Crippen LogP contribution in [0, 0.1) is 11.3 Å². The maximum absolute atomic E-state index is 12.0. The second-order valence-corrected chi connectivity index (χ2v) is 9.13. The Kier molecular flexibility index (Phi) is 7.30. The van der Waals surface area contributed by atoms with E-state index in [0.717, 1.165) is 37.0 Å². The largest absolute Gasteiger partial charge is 0.497 e. The molecule has 0 atom stereocenters. The van der Waals surface area contributed by atoms with Gasteiger partial charge in [-0.1, -0.05) is 18.2 Å². The monoisotopic (exact) mass is 437 g/mol. The number of rotatable bonds is 10. The summed E-state index contributed by atoms with van der Waals surface area (Å²) in [5, 5.41) is 3.50. The van der Waals surface area contributed by atoms with Gasteiger partial charge in [0.1, 0.15) is 11.6 Å². The number of carbonyl (C=O) groups excluding carboxylic acids is 1. The number of anilines is 1. The summed E-state index contributed by atoms with van der Waals surface area (Å²) < 4.78 is 10.2. The fourth-order valence-corrected chi connectivity index (χ4v) is 5.12. The van der Waals surface area contributed by atoms with Crippen LogP contribution in [0.5, 0.6) is 5.75 Å². The van der Waals surface area contributed by atoms with Gasteiger partial charge in [0.2, 0.25) is 0 Å². The number of ether oxygens (including phenoxy) is 2. The summed E-state index contributed by atoms with van der Waals surface area (Å²) in [5.41, 5.74) is 2.10. The van der Waals surface area contributed by atoms with Gasteiger partial charge in [-0.25, -0.2) is 9.78 Å². The summed E-state index contributed by atoms with van der Waals surface area (Å²) in [5.74, 6) is 2.14. The predicted octanol–water partition coefficient (Wildman–Crippen LogP) is 4.44. The first-order chi connectivity index (χ1) is 15.6. The van der Waals surface area contributed by atoms with Crippen LogP contribution in [0.2, 0.25) is 0 Å². The van der Waals surface area contributed by atoms with Crippen LogP contribution < -0.4 is 15.0 Å². The number of carbonyl (C=O) groups is 1. The molecule has 1 saturated carbocycles. The molecule has 0 bridgehead atoms. The van der Waals surface area contributed by atoms with Crippen LogP contribution >= 0.6 is 0 Å². The van der Waals surface area contributed by atoms with E-state index >= 15 is 0 Å². The Labute approximate surface area is 191 Å². The van der Waals surface area contributed by atoms with Crippen molar-refractivity contribution in [3.05, 3.63) is 53.7 Å². The van der Waals surface area contributed by atoms with E-state index in [1.165, 1.54) is 57.9 Å². The maximum Gasteiger partial charge on any atom is 0.356 e. The Morgan fingerprint density at radius 2 is 1.88 bits per heavy atom. The standard InChI is InChI=1S/C26H35N3O3/c1-31-22-9-7-20(8-10-22)19-29(24-6-3-5-23(28-24)25(30)32-2)18-4-13-26(14-15-26)21-11-16-27-17-12-21/h3,5-10,21,27H,4,11-19H2,1-2H3. The SMILES string of the molecule is COC(=O)c1cccc(N(CCCC2(C3CCNCC3)CC2)Cc2ccc(OC)cc2)n1. The van der Waals surface area contributed by atoms with Gasteiger partial charge in [0.05, 0.1) is 14.2 Å². The van der Waals surface area contributed by atoms with Crippen LogP contribution in [0.1, 0.15) is 54.6 Å². The van der Waals surface area contributed by atoms with Crippen LogP contribution in [0.15, 0.2) is 42.5 Å². The van der Waals surface area contributed by atoms with Gasteiger partial charge < -0.3 is 19.7 Å². The predicted molar refractivity (Wildman–Crippen MR) is 126 cm³/mol. The van der Waals surface area contributed by atoms with Crippen molar-refractivity contribution >= 4 is 11.8 Å². The highest BCUT2D eigenvalue weighted by atomic mass is 16.5. The van der Waals surface area contributed by atoms with E-state index in [4.69, 9.17) is 9.47 Å². The van der Waals surface area contributed by atoms with Gasteiger partial charge in [-0.15, -0.1) is 0 Å². The Morgan fingerprint density at radius 1 is 1.12 bits per heavy atom. The van der Waals surface area contributed by atoms with E-state index in [9.17, 15) is 4.79 Å². The Balaban J connectivity index is 1.46. The van der Waals surface area contributed by atoms with Crippen molar-refractivity contribution in [2.24, 2.45) is 11.3 Å². The lowest BCUT2D eigenvalue weighted by Crippen LogP contribution is -2.33. The number of aromatic nitrogens is 1. The molecule has 2 fully saturated rings. The molecular formula is C26H35N3O3. The van der Waals surface area contributed by atoms with Gasteiger partial charge in [-0.2, -0.15) is 0 Å². The summed E-state index contributed by atoms with van der Waals surface area (Å²) in [4.78, 5) is 18.9. The topological polar surface area (TPSA) is 63.7 Å². The summed E-state index contributed by atoms with van der Waals surface area (Å²) in [7, 11) is 3.07. The summed E-state index contributed by atoms with van der Waals surface area (Å²) in [6, 6.07) is 13.7. The molecule has 1 N–H and O–H groups in total. The van der Waals surface area contributed by atoms with E-state index in [1.807, 2.05) is 24.3 Å². The molecule has 6 nitrogen and oxygen atoms in total. The van der Waals surface area contributed by atoms with Crippen LogP contribution in [0.25, 0.3) is 0 Å². The molecule has 1 aliphatic carbocycles. The van der Waals surface area contributed by atoms with E-state index < -0.39 is 5.97 Å². The van der Waals surface area contributed by atoms with Crippen molar-refractivity contribution in [2.45, 2.75) is 45.1 Å². The molecule has 2 aromatic rings. The summed E-state index contributed by atoms with van der Waals surface area (Å²) in [6.45, 7) is 3.98. The molecule has 4 rings (SSSR count). The number of hydrogen-bond donors (Lipinski definition) is 1. The minimum atomic E-state index is -0.404. The van der Waals surface area contributed by atoms with E-state index in [2.05, 4.69) is 27.3 Å². The van der Waals surface area contributed by atoms with Crippen molar-refractivity contribution in [3.8, 4) is 5.75 Å². The molecule has 6 heteroatoms. The third-order valence-electron chi connectivity index (χ3n) is 7.19. The number of hydrogen-bond acceptors (Lipinski definition) is 6. The van der Waals surface area contributed by atoms with Crippen molar-refractivity contribution < 1.29 is 14.3 Å². The smallest absolute Gasteiger partial charge is 0.356 e. The zero-order chi connectivity index (χ0) is 22.4. The van der Waals surface area contributed by atoms with Crippen LogP contribution in [-0.4, -0.2) is 44.8 Å². The average molecular weight is 438 g/mol. The van der Waals surface area contributed by atoms with Crippen molar-refractivity contribution in [1.82, 2.24) is 10.3 Å². The fraction of sp³-hybridized carbons (Fsp3) is 0.538. The number of nitrogens with zero attached hydrogens (tertiary/aromatic N) is 2. The Hall–Kier alpha value is -2.60. The lowest BCUT2D eigenvalue weighted by atomic mass is 9.79. The molecule has 32 heavy (non-hydrogen) atoms. The highest BCUT2D eigenvalue weighted by molar-refractivity contribution is 5.87. The van der Waals surface area contributed by atoms with E-state index in [0.29, 0.717) is 11.1 Å². The molecule has 2 heterocycles. The molecule has 1 saturated heterocycles. The molecule has 1 aromatic carbocycles. The Bertz CT molecular complexity index is 889. The molecule has 0 radical (unpaired) electrons. The molecule has 1 aromatic heterocycles. The van der Waals surface area contributed by atoms with Gasteiger partial charge in [-0.3, -0.25) is 0 Å². The minimum absolute atomic E-state index is 0.345. The van der Waals surface area contributed by atoms with Gasteiger partial charge in [0.25, 0.3) is 0 Å². The third-order valence-corrected chi connectivity index (χ3v) is 7.19. The Morgan fingerprint density at radius 3 is 2.53 bits per heavy atom. The van der Waals surface area contributed by atoms with Crippen molar-refractivity contribution in [1.29, 1.82) is 0 Å². The first kappa shape index (κ1) is 22.6. The summed E-state index contributed by atoms with van der Waals surface area (Å²) in [6.07, 6.45) is 7.80. The van der Waals surface area contributed by atoms with Gasteiger partial charge in [-0.05, 0) is 92.8 Å². The number of piperidine rings is 1. The highest BCUT2D eigenvalue weighted by Gasteiger charge is 2.48. The summed E-state index contributed by atoms with van der Waals surface area (Å²) >= 11 is 0.